The van der Waals surface area contributed by atoms with Crippen LogP contribution in [0, 0.1) is 0 Å². The van der Waals surface area contributed by atoms with Crippen LogP contribution < -0.4 is 10.6 Å². The molecule has 4 rings (SSSR count). The van der Waals surface area contributed by atoms with Gasteiger partial charge in [-0.3, -0.25) is 0 Å². The van der Waals surface area contributed by atoms with Gasteiger partial charge in [-0.05, 0) is 57.4 Å². The van der Waals surface area contributed by atoms with Crippen LogP contribution in [0.3, 0.4) is 0 Å². The molecule has 7 nitrogen and oxygen atoms in total. The Morgan fingerprint density at radius 1 is 0.946 bits per heavy atom. The first-order valence-electron chi connectivity index (χ1n) is 11.6. The van der Waals surface area contributed by atoms with E-state index in [0.717, 1.165) is 30.5 Å². The van der Waals surface area contributed by atoms with Gasteiger partial charge in [-0.1, -0.05) is 36.4 Å². The van der Waals surface area contributed by atoms with E-state index in [4.69, 9.17) is 5.11 Å². The molecule has 0 atom stereocenters. The summed E-state index contributed by atoms with van der Waals surface area (Å²) in [5, 5.41) is 25.2. The van der Waals surface area contributed by atoms with E-state index in [-0.39, 0.29) is 11.3 Å². The van der Waals surface area contributed by atoms with E-state index >= 15 is 0 Å². The molecule has 192 valence electrons. The normalized spacial score (nSPS) is 11.6. The van der Waals surface area contributed by atoms with Crippen molar-refractivity contribution in [2.45, 2.75) is 12.6 Å². The van der Waals surface area contributed by atoms with Crippen molar-refractivity contribution < 1.29 is 23.1 Å². The van der Waals surface area contributed by atoms with Gasteiger partial charge in [0.25, 0.3) is 0 Å². The molecule has 10 heteroatoms. The number of hydrogen-bond acceptors (Lipinski definition) is 6. The van der Waals surface area contributed by atoms with Gasteiger partial charge in [-0.15, -0.1) is 10.2 Å². The second kappa shape index (κ2) is 10.8. The van der Waals surface area contributed by atoms with Crippen LogP contribution in [0.5, 0.6) is 0 Å². The number of hydrogen-bond donors (Lipinski definition) is 3. The average Bonchev–Trinajstić information content (AvgIpc) is 2.86. The van der Waals surface area contributed by atoms with Gasteiger partial charge in [0.2, 0.25) is 0 Å². The Morgan fingerprint density at radius 3 is 2.27 bits per heavy atom. The molecule has 4 aromatic rings. The van der Waals surface area contributed by atoms with Crippen LogP contribution in [-0.4, -0.2) is 53.4 Å². The molecule has 3 aromatic carbocycles. The van der Waals surface area contributed by atoms with E-state index in [2.05, 4.69) is 20.8 Å². The predicted octanol–water partition coefficient (Wildman–Crippen LogP) is 6.12. The largest absolute Gasteiger partial charge is 0.478 e. The van der Waals surface area contributed by atoms with Crippen molar-refractivity contribution in [3.63, 3.8) is 0 Å². The topological polar surface area (TPSA) is 90.4 Å². The SMILES string of the molecule is CN(C)CCCNc1cc(Nc2nnc(-c3ccc(C(=O)O)cc3)c3ccccc23)cc(C(F)(F)F)c1. The molecule has 0 fully saturated rings. The molecule has 0 saturated carbocycles. The van der Waals surface area contributed by atoms with Gasteiger partial charge in [0, 0.05) is 34.3 Å². The summed E-state index contributed by atoms with van der Waals surface area (Å²) in [7, 11) is 3.88. The van der Waals surface area contributed by atoms with Crippen molar-refractivity contribution in [1.82, 2.24) is 15.1 Å². The number of carboxylic acid groups (broad SMARTS) is 1. The molecule has 0 amide bonds. The molecule has 1 aromatic heterocycles. The van der Waals surface area contributed by atoms with Crippen molar-refractivity contribution in [3.05, 3.63) is 77.9 Å². The van der Waals surface area contributed by atoms with Crippen LogP contribution in [0.1, 0.15) is 22.3 Å². The monoisotopic (exact) mass is 509 g/mol. The maximum absolute atomic E-state index is 13.6. The molecule has 0 unspecified atom stereocenters. The number of halogens is 3. The molecular formula is C27H26F3N5O2. The van der Waals surface area contributed by atoms with Crippen molar-refractivity contribution in [2.24, 2.45) is 0 Å². The van der Waals surface area contributed by atoms with Gasteiger partial charge < -0.3 is 20.6 Å². The van der Waals surface area contributed by atoms with E-state index in [1.165, 1.54) is 12.1 Å². The number of carboxylic acids is 1. The fraction of sp³-hybridized carbons (Fsp3) is 0.222. The summed E-state index contributed by atoms with van der Waals surface area (Å²) < 4.78 is 40.9. The fourth-order valence-corrected chi connectivity index (χ4v) is 3.91. The summed E-state index contributed by atoms with van der Waals surface area (Å²) >= 11 is 0. The summed E-state index contributed by atoms with van der Waals surface area (Å²) in [5.74, 6) is -0.728. The molecule has 0 saturated heterocycles. The predicted molar refractivity (Wildman–Crippen MR) is 138 cm³/mol. The maximum Gasteiger partial charge on any atom is 0.416 e. The third-order valence-electron chi connectivity index (χ3n) is 5.73. The van der Waals surface area contributed by atoms with E-state index in [0.29, 0.717) is 34.7 Å². The van der Waals surface area contributed by atoms with Crippen LogP contribution in [0.2, 0.25) is 0 Å². The van der Waals surface area contributed by atoms with Gasteiger partial charge >= 0.3 is 12.1 Å². The summed E-state index contributed by atoms with van der Waals surface area (Å²) in [6, 6.07) is 17.3. The standard InChI is InChI=1S/C27H26F3N5O2/c1-35(2)13-5-12-31-20-14-19(27(28,29)30)15-21(16-20)32-25-23-7-4-3-6-22(23)24(33-34-25)17-8-10-18(11-9-17)26(36)37/h3-4,6-11,14-16,31H,5,12-13H2,1-2H3,(H,32,34)(H,36,37). The Kier molecular flexibility index (Phi) is 7.58. The minimum Gasteiger partial charge on any atom is -0.478 e. The summed E-state index contributed by atoms with van der Waals surface area (Å²) in [6.07, 6.45) is -3.74. The Labute approximate surface area is 212 Å². The van der Waals surface area contributed by atoms with Crippen molar-refractivity contribution in [2.75, 3.05) is 37.8 Å². The summed E-state index contributed by atoms with van der Waals surface area (Å²) in [6.45, 7) is 1.33. The molecule has 0 aliphatic rings. The molecule has 0 radical (unpaired) electrons. The number of carbonyl (C=O) groups is 1. The Balaban J connectivity index is 1.68. The number of nitrogens with zero attached hydrogens (tertiary/aromatic N) is 3. The first-order valence-corrected chi connectivity index (χ1v) is 11.6. The highest BCUT2D eigenvalue weighted by Gasteiger charge is 2.31. The highest BCUT2D eigenvalue weighted by molar-refractivity contribution is 6.01. The third-order valence-corrected chi connectivity index (χ3v) is 5.73. The van der Waals surface area contributed by atoms with Gasteiger partial charge in [-0.2, -0.15) is 13.2 Å². The van der Waals surface area contributed by atoms with E-state index in [9.17, 15) is 18.0 Å². The smallest absolute Gasteiger partial charge is 0.416 e. The number of aromatic nitrogens is 2. The zero-order chi connectivity index (χ0) is 26.6. The second-order valence-electron chi connectivity index (χ2n) is 8.83. The first kappa shape index (κ1) is 25.9. The van der Waals surface area contributed by atoms with Crippen LogP contribution in [0.15, 0.2) is 66.7 Å². The van der Waals surface area contributed by atoms with Crippen LogP contribution in [0.25, 0.3) is 22.0 Å². The van der Waals surface area contributed by atoms with Crippen molar-refractivity contribution in [1.29, 1.82) is 0 Å². The van der Waals surface area contributed by atoms with Crippen molar-refractivity contribution >= 4 is 33.9 Å². The van der Waals surface area contributed by atoms with Gasteiger partial charge in [0.15, 0.2) is 5.82 Å². The summed E-state index contributed by atoms with van der Waals surface area (Å²) in [5.41, 5.74) is 1.15. The molecular weight excluding hydrogens is 483 g/mol. The number of fused-ring (bicyclic) bond motifs is 1. The van der Waals surface area contributed by atoms with Crippen LogP contribution in [0.4, 0.5) is 30.4 Å². The molecule has 0 spiro atoms. The molecule has 3 N–H and O–H groups in total. The van der Waals surface area contributed by atoms with Crippen LogP contribution >= 0.6 is 0 Å². The quantitative estimate of drug-likeness (QED) is 0.234. The number of nitrogens with one attached hydrogen (secondary N) is 2. The van der Waals surface area contributed by atoms with E-state index < -0.39 is 17.7 Å². The highest BCUT2D eigenvalue weighted by atomic mass is 19.4. The van der Waals surface area contributed by atoms with Gasteiger partial charge in [0.1, 0.15) is 5.69 Å². The molecule has 0 aliphatic carbocycles. The molecule has 0 bridgehead atoms. The van der Waals surface area contributed by atoms with Crippen molar-refractivity contribution in [3.8, 4) is 11.3 Å². The maximum atomic E-state index is 13.6. The zero-order valence-electron chi connectivity index (χ0n) is 20.3. The fourth-order valence-electron chi connectivity index (χ4n) is 3.91. The van der Waals surface area contributed by atoms with Gasteiger partial charge in [-0.25, -0.2) is 4.79 Å². The highest BCUT2D eigenvalue weighted by Crippen LogP contribution is 2.36. The van der Waals surface area contributed by atoms with E-state index in [1.807, 2.05) is 31.1 Å². The Hall–Kier alpha value is -4.18. The number of benzene rings is 3. The summed E-state index contributed by atoms with van der Waals surface area (Å²) in [4.78, 5) is 13.2. The Morgan fingerprint density at radius 2 is 1.62 bits per heavy atom. The van der Waals surface area contributed by atoms with E-state index in [1.54, 1.807) is 30.3 Å². The minimum absolute atomic E-state index is 0.148. The zero-order valence-corrected chi connectivity index (χ0v) is 20.3. The lowest BCUT2D eigenvalue weighted by atomic mass is 10.0. The van der Waals surface area contributed by atoms with Crippen LogP contribution in [-0.2, 0) is 6.18 Å². The number of rotatable bonds is 9. The third kappa shape index (κ3) is 6.34. The Bertz CT molecular complexity index is 1410. The lowest BCUT2D eigenvalue weighted by Gasteiger charge is -2.16. The first-order chi connectivity index (χ1) is 17.6. The second-order valence-corrected chi connectivity index (χ2v) is 8.83. The lowest BCUT2D eigenvalue weighted by molar-refractivity contribution is -0.137. The molecule has 37 heavy (non-hydrogen) atoms. The molecule has 0 aliphatic heterocycles. The number of alkyl halides is 3. The number of aromatic carboxylic acids is 1. The molecule has 1 heterocycles. The average molecular weight is 510 g/mol. The van der Waals surface area contributed by atoms with Gasteiger partial charge in [0.05, 0.1) is 11.1 Å². The lowest BCUT2D eigenvalue weighted by Crippen LogP contribution is -2.16. The minimum atomic E-state index is -4.52. The number of anilines is 3.